The van der Waals surface area contributed by atoms with Gasteiger partial charge < -0.3 is 14.4 Å². The molecule has 0 saturated heterocycles. The zero-order chi connectivity index (χ0) is 27.6. The Morgan fingerprint density at radius 3 is 2.35 bits per heavy atom. The average Bonchev–Trinajstić information content (AvgIpc) is 3.32. The van der Waals surface area contributed by atoms with Crippen molar-refractivity contribution < 1.29 is 28.6 Å². The van der Waals surface area contributed by atoms with Gasteiger partial charge >= 0.3 is 0 Å². The van der Waals surface area contributed by atoms with Crippen molar-refractivity contribution in [3.8, 4) is 22.5 Å². The Kier molecular flexibility index (Phi) is 6.99. The summed E-state index contributed by atoms with van der Waals surface area (Å²) in [6.45, 7) is 4.97. The van der Waals surface area contributed by atoms with Crippen molar-refractivity contribution in [1.82, 2.24) is 9.97 Å². The van der Waals surface area contributed by atoms with Crippen LogP contribution in [0.15, 0.2) is 102 Å². The van der Waals surface area contributed by atoms with Gasteiger partial charge in [-0.3, -0.25) is 0 Å². The molecule has 0 saturated carbocycles. The van der Waals surface area contributed by atoms with Gasteiger partial charge in [0.2, 0.25) is 0 Å². The van der Waals surface area contributed by atoms with Gasteiger partial charge in [-0.1, -0.05) is 50.0 Å². The molecule has 0 fully saturated rings. The molecule has 0 aliphatic heterocycles. The first kappa shape index (κ1) is 22.8. The van der Waals surface area contributed by atoms with Crippen molar-refractivity contribution in [3.63, 3.8) is 0 Å². The normalized spacial score (nSPS) is 12.6. The van der Waals surface area contributed by atoms with E-state index in [2.05, 4.69) is 55.0 Å². The van der Waals surface area contributed by atoms with Gasteiger partial charge in [0.05, 0.1) is 0 Å². The zero-order valence-corrected chi connectivity index (χ0v) is 24.3. The zero-order valence-electron chi connectivity index (χ0n) is 23.9. The number of hydrogen-bond acceptors (Lipinski definition) is 3. The van der Waals surface area contributed by atoms with Crippen LogP contribution in [0.4, 0.5) is 0 Å². The number of fused-ring (bicyclic) bond motifs is 3. The van der Waals surface area contributed by atoms with Crippen LogP contribution in [-0.4, -0.2) is 18.0 Å². The summed E-state index contributed by atoms with van der Waals surface area (Å²) in [5, 5.41) is 3.58. The fourth-order valence-electron chi connectivity index (χ4n) is 4.22. The van der Waals surface area contributed by atoms with Crippen LogP contribution in [0.5, 0.6) is 0 Å². The number of benzene rings is 3. The molecule has 1 radical (unpaired) electrons. The SMILES string of the molecule is C[Si](C)(C)c1ccc[c-]c1-c1nccc2oc3ccccc3c12.[2H]C([2H])([2H])c1ccc(-c2[c-]cccc2)nc1.[Ir]. The van der Waals surface area contributed by atoms with Crippen LogP contribution in [0.25, 0.3) is 44.5 Å². The molecular formula is C32H28IrN2OSi-2. The van der Waals surface area contributed by atoms with E-state index in [1.165, 1.54) is 11.4 Å². The van der Waals surface area contributed by atoms with Crippen LogP contribution < -0.4 is 5.19 Å². The summed E-state index contributed by atoms with van der Waals surface area (Å²) >= 11 is 0. The summed E-state index contributed by atoms with van der Waals surface area (Å²) in [4.78, 5) is 8.83. The molecule has 0 atom stereocenters. The molecule has 0 spiro atoms. The Morgan fingerprint density at radius 1 is 0.811 bits per heavy atom. The molecule has 0 bridgehead atoms. The monoisotopic (exact) mass is 680 g/mol. The smallest absolute Gasteiger partial charge is 0.134 e. The molecule has 3 aromatic heterocycles. The molecule has 3 nitrogen and oxygen atoms in total. The Morgan fingerprint density at radius 2 is 1.62 bits per heavy atom. The molecule has 0 N–H and O–H groups in total. The molecule has 6 rings (SSSR count). The van der Waals surface area contributed by atoms with Gasteiger partial charge in [0, 0.05) is 55.5 Å². The fraction of sp³-hybridized carbons (Fsp3) is 0.125. The van der Waals surface area contributed by atoms with Crippen LogP contribution in [-0.2, 0) is 20.1 Å². The minimum atomic E-state index is -2.09. The third-order valence-electron chi connectivity index (χ3n) is 5.94. The van der Waals surface area contributed by atoms with E-state index in [1.54, 1.807) is 18.2 Å². The largest absolute Gasteiger partial charge is 0.457 e. The van der Waals surface area contributed by atoms with E-state index >= 15 is 0 Å². The number of rotatable bonds is 3. The number of furan rings is 1. The first-order valence-corrected chi connectivity index (χ1v) is 15.3. The third kappa shape index (κ3) is 5.80. The van der Waals surface area contributed by atoms with Gasteiger partial charge in [0.15, 0.2) is 0 Å². The molecule has 187 valence electrons. The van der Waals surface area contributed by atoms with Crippen LogP contribution in [0, 0.1) is 19.0 Å². The van der Waals surface area contributed by atoms with Gasteiger partial charge in [-0.2, -0.15) is 0 Å². The van der Waals surface area contributed by atoms with Crippen molar-refractivity contribution >= 4 is 35.2 Å². The van der Waals surface area contributed by atoms with E-state index in [-0.39, 0.29) is 25.7 Å². The molecule has 5 heteroatoms. The average molecular weight is 680 g/mol. The Hall–Kier alpha value is -3.37. The summed E-state index contributed by atoms with van der Waals surface area (Å²) in [6.07, 6.45) is 3.22. The number of nitrogens with zero attached hydrogens (tertiary/aromatic N) is 2. The quantitative estimate of drug-likeness (QED) is 0.141. The third-order valence-corrected chi connectivity index (χ3v) is 7.97. The minimum Gasteiger partial charge on any atom is -0.457 e. The Labute approximate surface area is 237 Å². The van der Waals surface area contributed by atoms with Crippen LogP contribution in [0.1, 0.15) is 9.68 Å². The first-order chi connectivity index (χ1) is 18.6. The van der Waals surface area contributed by atoms with Crippen molar-refractivity contribution in [2.45, 2.75) is 26.5 Å². The van der Waals surface area contributed by atoms with Gasteiger partial charge in [0.25, 0.3) is 0 Å². The van der Waals surface area contributed by atoms with E-state index in [0.717, 1.165) is 44.5 Å². The van der Waals surface area contributed by atoms with Gasteiger partial charge in [-0.15, -0.1) is 70.9 Å². The standard InChI is InChI=1S/C20H18NOSi.C12H10N.Ir/c1-23(2,3)18-11-7-5-9-15(18)20-19-14-8-4-6-10-16(14)22-17(19)12-13-21-20;1-10-7-8-12(13-9-10)11-5-3-2-4-6-11;/h4-8,10-13H,1-3H3;2-5,7-9H,1H3;/q2*-1;/i;1D3;. The number of pyridine rings is 2. The maximum atomic E-state index is 7.23. The molecule has 37 heavy (non-hydrogen) atoms. The maximum absolute atomic E-state index is 7.23. The molecule has 0 aliphatic rings. The first-order valence-electron chi connectivity index (χ1n) is 13.3. The van der Waals surface area contributed by atoms with Crippen LogP contribution in [0.2, 0.25) is 19.6 Å². The number of para-hydroxylation sites is 1. The van der Waals surface area contributed by atoms with Crippen molar-refractivity contribution in [3.05, 3.63) is 115 Å². The molecule has 0 unspecified atom stereocenters. The molecule has 6 aromatic rings. The van der Waals surface area contributed by atoms with E-state index in [9.17, 15) is 0 Å². The Bertz CT molecular complexity index is 1730. The maximum Gasteiger partial charge on any atom is 0.134 e. The van der Waals surface area contributed by atoms with Gasteiger partial charge in [-0.05, 0) is 35.9 Å². The minimum absolute atomic E-state index is 0. The van der Waals surface area contributed by atoms with Crippen LogP contribution in [0.3, 0.4) is 0 Å². The van der Waals surface area contributed by atoms with Gasteiger partial charge in [0.1, 0.15) is 11.2 Å². The van der Waals surface area contributed by atoms with Gasteiger partial charge in [-0.25, -0.2) is 0 Å². The Balaban J connectivity index is 0.000000192. The summed E-state index contributed by atoms with van der Waals surface area (Å²) in [5.74, 6) is 0. The number of aromatic nitrogens is 2. The van der Waals surface area contributed by atoms with E-state index in [1.807, 2.05) is 54.7 Å². The molecule has 0 amide bonds. The number of aryl methyl sites for hydroxylation is 1. The predicted octanol–water partition coefficient (Wildman–Crippen LogP) is 7.85. The molecule has 3 heterocycles. The fourth-order valence-corrected chi connectivity index (χ4v) is 5.76. The molecule has 3 aromatic carbocycles. The summed E-state index contributed by atoms with van der Waals surface area (Å²) in [5.41, 5.74) is 5.73. The summed E-state index contributed by atoms with van der Waals surface area (Å²) in [6, 6.07) is 33.6. The topological polar surface area (TPSA) is 38.9 Å². The summed E-state index contributed by atoms with van der Waals surface area (Å²) in [7, 11) is -1.50. The molecular weight excluding hydrogens is 649 g/mol. The molecule has 0 aliphatic carbocycles. The summed E-state index contributed by atoms with van der Waals surface area (Å²) < 4.78 is 27.7. The van der Waals surface area contributed by atoms with E-state index in [4.69, 9.17) is 13.5 Å². The van der Waals surface area contributed by atoms with Crippen LogP contribution >= 0.6 is 0 Å². The van der Waals surface area contributed by atoms with Crippen molar-refractivity contribution in [1.29, 1.82) is 0 Å². The van der Waals surface area contributed by atoms with E-state index < -0.39 is 14.9 Å². The van der Waals surface area contributed by atoms with Crippen molar-refractivity contribution in [2.75, 3.05) is 0 Å². The number of hydrogen-bond donors (Lipinski definition) is 0. The second-order valence-corrected chi connectivity index (χ2v) is 14.6. The van der Waals surface area contributed by atoms with Crippen molar-refractivity contribution in [2.24, 2.45) is 0 Å². The second-order valence-electron chi connectivity index (χ2n) is 9.55. The predicted molar refractivity (Wildman–Crippen MR) is 152 cm³/mol. The van der Waals surface area contributed by atoms with E-state index in [0.29, 0.717) is 0 Å². The second kappa shape index (κ2) is 11.3.